The number of anilines is 2. The van der Waals surface area contributed by atoms with Crippen LogP contribution in [0.1, 0.15) is 31.2 Å². The van der Waals surface area contributed by atoms with E-state index in [0.717, 1.165) is 36.0 Å². The lowest BCUT2D eigenvalue weighted by atomic mass is 9.94. The van der Waals surface area contributed by atoms with Gasteiger partial charge in [0.25, 0.3) is 0 Å². The Kier molecular flexibility index (Phi) is 6.72. The van der Waals surface area contributed by atoms with Crippen molar-refractivity contribution in [2.45, 2.75) is 32.2 Å². The number of hydrogen-bond acceptors (Lipinski definition) is 5. The molecule has 3 heterocycles. The summed E-state index contributed by atoms with van der Waals surface area (Å²) in [6.07, 6.45) is 4.17. The lowest BCUT2D eigenvalue weighted by molar-refractivity contribution is -0.129. The van der Waals surface area contributed by atoms with E-state index >= 15 is 0 Å². The highest BCUT2D eigenvalue weighted by molar-refractivity contribution is 6.05. The van der Waals surface area contributed by atoms with E-state index in [4.69, 9.17) is 4.74 Å². The average molecular weight is 463 g/mol. The fourth-order valence-electron chi connectivity index (χ4n) is 5.15. The molecule has 2 aromatic carbocycles. The normalized spacial score (nSPS) is 20.0. The van der Waals surface area contributed by atoms with E-state index in [1.54, 1.807) is 12.0 Å². The van der Waals surface area contributed by atoms with Crippen molar-refractivity contribution in [2.24, 2.45) is 5.92 Å². The topological polar surface area (TPSA) is 56.3 Å². The fourth-order valence-corrected chi connectivity index (χ4v) is 5.15. The molecular weight excluding hydrogens is 428 g/mol. The highest BCUT2D eigenvalue weighted by Gasteiger charge is 2.33. The van der Waals surface area contributed by atoms with Gasteiger partial charge in [-0.1, -0.05) is 12.1 Å². The van der Waals surface area contributed by atoms with E-state index in [9.17, 15) is 9.59 Å². The fraction of sp³-hybridized carbons (Fsp3) is 0.481. The molecule has 3 fully saturated rings. The minimum atomic E-state index is -0.258. The van der Waals surface area contributed by atoms with Gasteiger partial charge in [-0.15, -0.1) is 0 Å². The summed E-state index contributed by atoms with van der Waals surface area (Å²) in [4.78, 5) is 33.8. The quantitative estimate of drug-likeness (QED) is 0.623. The zero-order valence-corrected chi connectivity index (χ0v) is 20.0. The number of piperidine rings is 1. The molecular formula is C27H34N4O3. The second kappa shape index (κ2) is 10.1. The number of ether oxygens (including phenoxy) is 1. The van der Waals surface area contributed by atoms with Gasteiger partial charge >= 0.3 is 6.03 Å². The molecule has 5 rings (SSSR count). The first-order valence-electron chi connectivity index (χ1n) is 12.4. The first kappa shape index (κ1) is 22.7. The van der Waals surface area contributed by atoms with Crippen LogP contribution < -0.4 is 14.5 Å². The minimum Gasteiger partial charge on any atom is -0.497 e. The Balaban J connectivity index is 1.20. The summed E-state index contributed by atoms with van der Waals surface area (Å²) in [5.41, 5.74) is 2.95. The molecule has 0 unspecified atom stereocenters. The SMILES string of the molecule is COc1ccc(CN2C(=O)CCN(c3ccc(N4CCC(CN5CCC5)CC4)cc3)C2=O)cc1. The van der Waals surface area contributed by atoms with Crippen LogP contribution >= 0.6 is 0 Å². The number of nitrogens with zero attached hydrogens (tertiary/aromatic N) is 4. The van der Waals surface area contributed by atoms with E-state index in [1.807, 2.05) is 36.4 Å². The van der Waals surface area contributed by atoms with Gasteiger partial charge in [0.05, 0.1) is 13.7 Å². The van der Waals surface area contributed by atoms with Crippen molar-refractivity contribution in [1.29, 1.82) is 0 Å². The van der Waals surface area contributed by atoms with Crippen LogP contribution in [0, 0.1) is 5.92 Å². The Labute approximate surface area is 201 Å². The molecule has 0 bridgehead atoms. The molecule has 0 aliphatic carbocycles. The van der Waals surface area contributed by atoms with Gasteiger partial charge in [0.15, 0.2) is 0 Å². The number of rotatable bonds is 7. The van der Waals surface area contributed by atoms with Crippen molar-refractivity contribution in [3.63, 3.8) is 0 Å². The summed E-state index contributed by atoms with van der Waals surface area (Å²) in [6, 6.07) is 15.5. The maximum absolute atomic E-state index is 13.2. The Morgan fingerprint density at radius 1 is 0.853 bits per heavy atom. The van der Waals surface area contributed by atoms with E-state index in [2.05, 4.69) is 21.9 Å². The summed E-state index contributed by atoms with van der Waals surface area (Å²) in [5, 5.41) is 0. The van der Waals surface area contributed by atoms with E-state index in [0.29, 0.717) is 13.0 Å². The molecule has 2 aromatic rings. The highest BCUT2D eigenvalue weighted by Crippen LogP contribution is 2.28. The molecule has 3 amide bonds. The lowest BCUT2D eigenvalue weighted by Gasteiger charge is -2.39. The van der Waals surface area contributed by atoms with Gasteiger partial charge in [-0.05, 0) is 80.2 Å². The Morgan fingerprint density at radius 3 is 2.15 bits per heavy atom. The smallest absolute Gasteiger partial charge is 0.331 e. The summed E-state index contributed by atoms with van der Waals surface area (Å²) in [7, 11) is 1.62. The van der Waals surface area contributed by atoms with Gasteiger partial charge in [-0.25, -0.2) is 4.79 Å². The molecule has 3 aliphatic heterocycles. The molecule has 180 valence electrons. The minimum absolute atomic E-state index is 0.130. The third-order valence-corrected chi connectivity index (χ3v) is 7.42. The van der Waals surface area contributed by atoms with Crippen LogP contribution in [0.25, 0.3) is 0 Å². The Bertz CT molecular complexity index is 996. The third kappa shape index (κ3) is 4.89. The largest absolute Gasteiger partial charge is 0.497 e. The van der Waals surface area contributed by atoms with Crippen molar-refractivity contribution in [1.82, 2.24) is 9.80 Å². The maximum Gasteiger partial charge on any atom is 0.331 e. The number of methoxy groups -OCH3 is 1. The average Bonchev–Trinajstić information content (AvgIpc) is 2.85. The first-order chi connectivity index (χ1) is 16.6. The monoisotopic (exact) mass is 462 g/mol. The van der Waals surface area contributed by atoms with Crippen molar-refractivity contribution in [3.05, 3.63) is 54.1 Å². The Morgan fingerprint density at radius 2 is 1.53 bits per heavy atom. The molecule has 0 saturated carbocycles. The molecule has 3 saturated heterocycles. The van der Waals surface area contributed by atoms with Crippen LogP contribution in [-0.2, 0) is 11.3 Å². The number of urea groups is 1. The summed E-state index contributed by atoms with van der Waals surface area (Å²) in [6.45, 7) is 6.67. The number of benzene rings is 2. The van der Waals surface area contributed by atoms with Crippen LogP contribution in [0.3, 0.4) is 0 Å². The van der Waals surface area contributed by atoms with Crippen molar-refractivity contribution < 1.29 is 14.3 Å². The van der Waals surface area contributed by atoms with Crippen molar-refractivity contribution in [3.8, 4) is 5.75 Å². The highest BCUT2D eigenvalue weighted by atomic mass is 16.5. The second-order valence-corrected chi connectivity index (χ2v) is 9.61. The number of carbonyl (C=O) groups is 2. The summed E-state index contributed by atoms with van der Waals surface area (Å²) < 4.78 is 5.20. The van der Waals surface area contributed by atoms with Gasteiger partial charge in [-0.2, -0.15) is 0 Å². The summed E-state index contributed by atoms with van der Waals surface area (Å²) in [5.74, 6) is 1.44. The van der Waals surface area contributed by atoms with Crippen LogP contribution in [-0.4, -0.2) is 68.1 Å². The zero-order valence-electron chi connectivity index (χ0n) is 20.0. The molecule has 7 nitrogen and oxygen atoms in total. The number of amides is 3. The van der Waals surface area contributed by atoms with Gasteiger partial charge in [0, 0.05) is 44.0 Å². The van der Waals surface area contributed by atoms with E-state index < -0.39 is 0 Å². The number of hydrogen-bond donors (Lipinski definition) is 0. The van der Waals surface area contributed by atoms with Gasteiger partial charge in [0.1, 0.15) is 5.75 Å². The van der Waals surface area contributed by atoms with Crippen molar-refractivity contribution >= 4 is 23.3 Å². The lowest BCUT2D eigenvalue weighted by Crippen LogP contribution is -2.52. The standard InChI is InChI=1S/C27H34N4O3/c1-34-25-9-3-21(4-10-25)20-31-26(32)13-18-30(27(31)33)24-7-5-23(6-8-24)29-16-11-22(12-17-29)19-28-14-2-15-28/h3-10,22H,2,11-20H2,1H3. The molecule has 3 aliphatic rings. The third-order valence-electron chi connectivity index (χ3n) is 7.42. The number of imide groups is 1. The van der Waals surface area contributed by atoms with Gasteiger partial charge in [-0.3, -0.25) is 14.6 Å². The Hall–Kier alpha value is -3.06. The van der Waals surface area contributed by atoms with Gasteiger partial charge in [0.2, 0.25) is 5.91 Å². The molecule has 7 heteroatoms. The van der Waals surface area contributed by atoms with E-state index in [1.165, 1.54) is 49.5 Å². The first-order valence-corrected chi connectivity index (χ1v) is 12.4. The predicted molar refractivity (Wildman–Crippen MR) is 133 cm³/mol. The van der Waals surface area contributed by atoms with Crippen LogP contribution in [0.15, 0.2) is 48.5 Å². The predicted octanol–water partition coefficient (Wildman–Crippen LogP) is 3.98. The molecule has 0 radical (unpaired) electrons. The number of carbonyl (C=O) groups excluding carboxylic acids is 2. The van der Waals surface area contributed by atoms with E-state index in [-0.39, 0.29) is 18.5 Å². The maximum atomic E-state index is 13.2. The number of likely N-dealkylation sites (tertiary alicyclic amines) is 1. The second-order valence-electron chi connectivity index (χ2n) is 9.61. The van der Waals surface area contributed by atoms with Crippen LogP contribution in [0.4, 0.5) is 16.2 Å². The molecule has 34 heavy (non-hydrogen) atoms. The zero-order chi connectivity index (χ0) is 23.5. The van der Waals surface area contributed by atoms with Crippen molar-refractivity contribution in [2.75, 3.05) is 56.2 Å². The molecule has 0 atom stereocenters. The molecule has 0 spiro atoms. The van der Waals surface area contributed by atoms with Crippen LogP contribution in [0.5, 0.6) is 5.75 Å². The molecule has 0 N–H and O–H groups in total. The molecule has 0 aromatic heterocycles. The van der Waals surface area contributed by atoms with Crippen LogP contribution in [0.2, 0.25) is 0 Å². The van der Waals surface area contributed by atoms with Gasteiger partial charge < -0.3 is 14.5 Å². The summed E-state index contributed by atoms with van der Waals surface area (Å²) >= 11 is 0.